The summed E-state index contributed by atoms with van der Waals surface area (Å²) in [5.41, 5.74) is 2.69. The van der Waals surface area contributed by atoms with Crippen LogP contribution in [0, 0.1) is 20.8 Å². The maximum absolute atomic E-state index is 13.1. The second-order valence-corrected chi connectivity index (χ2v) is 9.77. The molecule has 0 atom stereocenters. The quantitative estimate of drug-likeness (QED) is 0.421. The molecule has 0 amide bonds. The number of thiazole rings is 1. The Morgan fingerprint density at radius 3 is 2.55 bits per heavy atom. The number of benzene rings is 2. The summed E-state index contributed by atoms with van der Waals surface area (Å²) in [7, 11) is -2.72. The normalized spacial score (nSPS) is 11.6. The monoisotopic (exact) mass is 456 g/mol. The van der Waals surface area contributed by atoms with Crippen molar-refractivity contribution >= 4 is 43.4 Å². The second kappa shape index (κ2) is 7.82. The van der Waals surface area contributed by atoms with Crippen molar-refractivity contribution in [3.05, 3.63) is 64.9 Å². The Bertz CT molecular complexity index is 1380. The van der Waals surface area contributed by atoms with Crippen LogP contribution in [0.2, 0.25) is 0 Å². The van der Waals surface area contributed by atoms with Crippen molar-refractivity contribution in [3.8, 4) is 10.6 Å². The van der Waals surface area contributed by atoms with Gasteiger partial charge in [-0.1, -0.05) is 29.8 Å². The SMILES string of the molecule is COC(=O)c1c(C)oc(NS(=O)(=O)c2ccc(C)cc2C)c1-c1nc2ccccc2s1. The number of hydrogen-bond acceptors (Lipinski definition) is 7. The standard InChI is InChI=1S/C22H20N2O5S2/c1-12-9-10-17(13(2)11-12)31(26,27)24-20-19(18(14(3)29-20)22(25)28-4)21-23-15-7-5-6-8-16(15)30-21/h5-11,24H,1-4H3. The van der Waals surface area contributed by atoms with Gasteiger partial charge in [0.15, 0.2) is 0 Å². The van der Waals surface area contributed by atoms with Crippen LogP contribution in [0.15, 0.2) is 51.8 Å². The Kier molecular flexibility index (Phi) is 5.32. The van der Waals surface area contributed by atoms with Gasteiger partial charge in [0.2, 0.25) is 5.88 Å². The highest BCUT2D eigenvalue weighted by atomic mass is 32.2. The number of nitrogens with one attached hydrogen (secondary N) is 1. The van der Waals surface area contributed by atoms with Gasteiger partial charge in [-0.3, -0.25) is 0 Å². The van der Waals surface area contributed by atoms with E-state index in [0.29, 0.717) is 10.6 Å². The highest BCUT2D eigenvalue weighted by Crippen LogP contribution is 2.41. The third kappa shape index (κ3) is 3.82. The van der Waals surface area contributed by atoms with Crippen LogP contribution < -0.4 is 4.72 Å². The number of anilines is 1. The van der Waals surface area contributed by atoms with Crippen LogP contribution in [-0.2, 0) is 14.8 Å². The van der Waals surface area contributed by atoms with Gasteiger partial charge in [-0.05, 0) is 44.5 Å². The number of carbonyl (C=O) groups is 1. The molecule has 0 radical (unpaired) electrons. The first-order valence-corrected chi connectivity index (χ1v) is 11.7. The average molecular weight is 457 g/mol. The molecule has 2 aromatic heterocycles. The maximum atomic E-state index is 13.1. The fourth-order valence-electron chi connectivity index (χ4n) is 3.43. The van der Waals surface area contributed by atoms with Crippen molar-refractivity contribution in [2.24, 2.45) is 0 Å². The Labute approximate surface area is 183 Å². The van der Waals surface area contributed by atoms with E-state index in [9.17, 15) is 13.2 Å². The summed E-state index contributed by atoms with van der Waals surface area (Å²) in [6.45, 7) is 5.20. The summed E-state index contributed by atoms with van der Waals surface area (Å²) in [5, 5.41) is 0.455. The molecule has 0 aliphatic carbocycles. The number of carbonyl (C=O) groups excluding carboxylic acids is 1. The molecule has 0 saturated carbocycles. The first kappa shape index (κ1) is 21.1. The van der Waals surface area contributed by atoms with Crippen LogP contribution in [0.4, 0.5) is 5.88 Å². The zero-order chi connectivity index (χ0) is 22.3. The van der Waals surface area contributed by atoms with Crippen molar-refractivity contribution < 1.29 is 22.4 Å². The van der Waals surface area contributed by atoms with E-state index in [0.717, 1.165) is 15.8 Å². The van der Waals surface area contributed by atoms with E-state index in [2.05, 4.69) is 9.71 Å². The molecule has 0 spiro atoms. The Hall–Kier alpha value is -3.17. The molecule has 1 N–H and O–H groups in total. The summed E-state index contributed by atoms with van der Waals surface area (Å²) in [5.74, 6) is -0.469. The molecule has 31 heavy (non-hydrogen) atoms. The van der Waals surface area contributed by atoms with Gasteiger partial charge < -0.3 is 9.15 Å². The van der Waals surface area contributed by atoms with Crippen LogP contribution in [0.1, 0.15) is 27.2 Å². The lowest BCUT2D eigenvalue weighted by Gasteiger charge is -2.10. The Morgan fingerprint density at radius 1 is 1.13 bits per heavy atom. The minimum atomic E-state index is -3.98. The van der Waals surface area contributed by atoms with E-state index in [1.54, 1.807) is 32.0 Å². The number of aromatic nitrogens is 1. The van der Waals surface area contributed by atoms with Gasteiger partial charge in [0.25, 0.3) is 10.0 Å². The number of furan rings is 1. The smallest absolute Gasteiger partial charge is 0.342 e. The molecule has 0 aliphatic rings. The van der Waals surface area contributed by atoms with Crippen LogP contribution in [0.3, 0.4) is 0 Å². The van der Waals surface area contributed by atoms with Crippen LogP contribution in [0.25, 0.3) is 20.8 Å². The van der Waals surface area contributed by atoms with Gasteiger partial charge in [-0.15, -0.1) is 11.3 Å². The van der Waals surface area contributed by atoms with Gasteiger partial charge in [0.05, 0.1) is 27.8 Å². The van der Waals surface area contributed by atoms with Crippen LogP contribution >= 0.6 is 11.3 Å². The number of esters is 1. The van der Waals surface area contributed by atoms with Crippen LogP contribution in [0.5, 0.6) is 0 Å². The summed E-state index contributed by atoms with van der Waals surface area (Å²) in [6, 6.07) is 12.6. The summed E-state index contributed by atoms with van der Waals surface area (Å²) < 4.78 is 40.3. The molecule has 9 heteroatoms. The minimum absolute atomic E-state index is 0.0723. The zero-order valence-corrected chi connectivity index (χ0v) is 19.0. The predicted octanol–water partition coefficient (Wildman–Crippen LogP) is 5.07. The molecule has 4 rings (SSSR count). The number of para-hydroxylation sites is 1. The predicted molar refractivity (Wildman–Crippen MR) is 120 cm³/mol. The van der Waals surface area contributed by atoms with E-state index in [1.165, 1.54) is 18.4 Å². The Morgan fingerprint density at radius 2 is 1.87 bits per heavy atom. The molecule has 160 valence electrons. The van der Waals surface area contributed by atoms with Crippen LogP contribution in [-0.4, -0.2) is 26.5 Å². The number of ether oxygens (including phenoxy) is 1. The van der Waals surface area contributed by atoms with E-state index < -0.39 is 16.0 Å². The number of nitrogens with zero attached hydrogens (tertiary/aromatic N) is 1. The van der Waals surface area contributed by atoms with Gasteiger partial charge in [-0.25, -0.2) is 22.9 Å². The van der Waals surface area contributed by atoms with E-state index >= 15 is 0 Å². The third-order valence-electron chi connectivity index (χ3n) is 4.83. The molecular weight excluding hydrogens is 436 g/mol. The van der Waals surface area contributed by atoms with Crippen molar-refractivity contribution in [2.45, 2.75) is 25.7 Å². The van der Waals surface area contributed by atoms with Crippen molar-refractivity contribution in [1.82, 2.24) is 4.98 Å². The largest absolute Gasteiger partial charge is 0.465 e. The van der Waals surface area contributed by atoms with Gasteiger partial charge >= 0.3 is 5.97 Å². The van der Waals surface area contributed by atoms with Gasteiger partial charge in [0, 0.05) is 0 Å². The number of sulfonamides is 1. The third-order valence-corrected chi connectivity index (χ3v) is 7.37. The zero-order valence-electron chi connectivity index (χ0n) is 17.3. The van der Waals surface area contributed by atoms with Gasteiger partial charge in [0.1, 0.15) is 16.3 Å². The lowest BCUT2D eigenvalue weighted by molar-refractivity contribution is 0.0599. The van der Waals surface area contributed by atoms with E-state index in [4.69, 9.17) is 9.15 Å². The number of rotatable bonds is 5. The molecule has 4 aromatic rings. The lowest BCUT2D eigenvalue weighted by Crippen LogP contribution is -2.14. The molecule has 0 fully saturated rings. The van der Waals surface area contributed by atoms with E-state index in [1.807, 2.05) is 31.2 Å². The minimum Gasteiger partial charge on any atom is -0.465 e. The second-order valence-electron chi connectivity index (χ2n) is 7.09. The molecule has 0 saturated heterocycles. The number of aryl methyl sites for hydroxylation is 3. The highest BCUT2D eigenvalue weighted by molar-refractivity contribution is 7.92. The van der Waals surface area contributed by atoms with Crippen molar-refractivity contribution in [2.75, 3.05) is 11.8 Å². The highest BCUT2D eigenvalue weighted by Gasteiger charge is 2.30. The average Bonchev–Trinajstić information content (AvgIpc) is 3.26. The molecule has 2 heterocycles. The topological polar surface area (TPSA) is 98.5 Å². The Balaban J connectivity index is 1.89. The molecule has 0 unspecified atom stereocenters. The lowest BCUT2D eigenvalue weighted by atomic mass is 10.1. The fourth-order valence-corrected chi connectivity index (χ4v) is 5.67. The molecular formula is C22H20N2O5S2. The van der Waals surface area contributed by atoms with Crippen molar-refractivity contribution in [3.63, 3.8) is 0 Å². The fraction of sp³-hybridized carbons (Fsp3) is 0.182. The first-order chi connectivity index (χ1) is 14.7. The summed E-state index contributed by atoms with van der Waals surface area (Å²) in [6.07, 6.45) is 0. The summed E-state index contributed by atoms with van der Waals surface area (Å²) in [4.78, 5) is 17.2. The molecule has 0 bridgehead atoms. The number of methoxy groups -OCH3 is 1. The summed E-state index contributed by atoms with van der Waals surface area (Å²) >= 11 is 1.33. The van der Waals surface area contributed by atoms with Gasteiger partial charge in [-0.2, -0.15) is 0 Å². The first-order valence-electron chi connectivity index (χ1n) is 9.39. The molecule has 7 nitrogen and oxygen atoms in total. The van der Waals surface area contributed by atoms with Crippen molar-refractivity contribution in [1.29, 1.82) is 0 Å². The van der Waals surface area contributed by atoms with E-state index in [-0.39, 0.29) is 27.7 Å². The maximum Gasteiger partial charge on any atom is 0.342 e. The molecule has 2 aromatic carbocycles. The molecule has 0 aliphatic heterocycles. The number of fused-ring (bicyclic) bond motifs is 1. The number of hydrogen-bond donors (Lipinski definition) is 1.